The van der Waals surface area contributed by atoms with E-state index in [4.69, 9.17) is 14.6 Å². The number of aliphatic hydroxyl groups excluding tert-OH is 1. The predicted molar refractivity (Wildman–Crippen MR) is 72.3 cm³/mol. The van der Waals surface area contributed by atoms with E-state index in [9.17, 15) is 4.79 Å². The van der Waals surface area contributed by atoms with E-state index in [2.05, 4.69) is 5.32 Å². The Morgan fingerprint density at radius 3 is 2.53 bits per heavy atom. The van der Waals surface area contributed by atoms with Crippen molar-refractivity contribution in [3.05, 3.63) is 23.8 Å². The molecule has 0 radical (unpaired) electrons. The second-order valence-corrected chi connectivity index (χ2v) is 4.57. The molecule has 1 aromatic carbocycles. The molecule has 0 aliphatic carbocycles. The van der Waals surface area contributed by atoms with Gasteiger partial charge in [0, 0.05) is 6.04 Å². The van der Waals surface area contributed by atoms with E-state index in [1.165, 1.54) is 7.11 Å². The van der Waals surface area contributed by atoms with Gasteiger partial charge in [0.25, 0.3) is 5.91 Å². The molecule has 106 valence electrons. The number of carbonyl (C=O) groups is 1. The molecular weight excluding hydrogens is 246 g/mol. The van der Waals surface area contributed by atoms with Crippen molar-refractivity contribution in [3.8, 4) is 11.5 Å². The van der Waals surface area contributed by atoms with E-state index in [-0.39, 0.29) is 18.6 Å². The predicted octanol–water partition coefficient (Wildman–Crippen LogP) is 1.48. The molecule has 19 heavy (non-hydrogen) atoms. The summed E-state index contributed by atoms with van der Waals surface area (Å²) in [6.45, 7) is 5.39. The van der Waals surface area contributed by atoms with E-state index < -0.39 is 6.10 Å². The Hall–Kier alpha value is -1.75. The number of carbonyl (C=O) groups excluding carboxylic acids is 1. The van der Waals surface area contributed by atoms with Crippen LogP contribution in [0.2, 0.25) is 0 Å². The van der Waals surface area contributed by atoms with Crippen molar-refractivity contribution in [1.29, 1.82) is 0 Å². The summed E-state index contributed by atoms with van der Waals surface area (Å²) >= 11 is 0. The van der Waals surface area contributed by atoms with Gasteiger partial charge < -0.3 is 19.9 Å². The number of hydrogen-bond acceptors (Lipinski definition) is 4. The molecule has 1 amide bonds. The fraction of sp³-hybridized carbons (Fsp3) is 0.500. The van der Waals surface area contributed by atoms with Crippen LogP contribution in [0.15, 0.2) is 18.2 Å². The molecule has 0 aromatic heterocycles. The molecule has 0 aliphatic rings. The molecule has 0 saturated carbocycles. The third kappa shape index (κ3) is 4.44. The number of benzene rings is 1. The second kappa shape index (κ2) is 6.99. The normalized spacial score (nSPS) is 12.1. The first-order valence-corrected chi connectivity index (χ1v) is 6.22. The van der Waals surface area contributed by atoms with Crippen molar-refractivity contribution in [2.45, 2.75) is 39.5 Å². The maximum absolute atomic E-state index is 11.8. The highest BCUT2D eigenvalue weighted by Gasteiger charge is 2.17. The van der Waals surface area contributed by atoms with Gasteiger partial charge in [-0.1, -0.05) is 6.07 Å². The zero-order valence-corrected chi connectivity index (χ0v) is 11.8. The number of amides is 1. The average Bonchev–Trinajstić information content (AvgIpc) is 2.38. The third-order valence-electron chi connectivity index (χ3n) is 2.51. The fourth-order valence-electron chi connectivity index (χ4n) is 1.55. The molecule has 1 rings (SSSR count). The van der Waals surface area contributed by atoms with Crippen LogP contribution < -0.4 is 14.8 Å². The summed E-state index contributed by atoms with van der Waals surface area (Å²) in [5.41, 5.74) is 0.725. The Morgan fingerprint density at radius 1 is 1.32 bits per heavy atom. The first-order chi connectivity index (χ1) is 8.97. The zero-order valence-electron chi connectivity index (χ0n) is 11.8. The van der Waals surface area contributed by atoms with E-state index >= 15 is 0 Å². The molecule has 5 nitrogen and oxygen atoms in total. The number of hydrogen-bond donors (Lipinski definition) is 2. The van der Waals surface area contributed by atoms with Gasteiger partial charge in [0.1, 0.15) is 0 Å². The van der Waals surface area contributed by atoms with Crippen molar-refractivity contribution >= 4 is 5.91 Å². The number of aliphatic hydroxyl groups is 1. The van der Waals surface area contributed by atoms with Crippen LogP contribution >= 0.6 is 0 Å². The molecular formula is C14H21NO4. The second-order valence-electron chi connectivity index (χ2n) is 4.57. The van der Waals surface area contributed by atoms with Crippen LogP contribution in [-0.2, 0) is 11.4 Å². The van der Waals surface area contributed by atoms with Crippen molar-refractivity contribution in [2.75, 3.05) is 7.11 Å². The molecule has 0 aliphatic heterocycles. The highest BCUT2D eigenvalue weighted by atomic mass is 16.5. The lowest BCUT2D eigenvalue weighted by Gasteiger charge is -2.18. The number of ether oxygens (including phenoxy) is 2. The Kier molecular flexibility index (Phi) is 5.63. The number of rotatable bonds is 6. The van der Waals surface area contributed by atoms with Gasteiger partial charge in [0.05, 0.1) is 13.7 Å². The highest BCUT2D eigenvalue weighted by Crippen LogP contribution is 2.29. The Morgan fingerprint density at radius 2 is 2.00 bits per heavy atom. The molecule has 1 unspecified atom stereocenters. The summed E-state index contributed by atoms with van der Waals surface area (Å²) in [5.74, 6) is 0.796. The summed E-state index contributed by atoms with van der Waals surface area (Å²) in [4.78, 5) is 11.8. The van der Waals surface area contributed by atoms with Crippen LogP contribution in [0.25, 0.3) is 0 Å². The molecule has 0 heterocycles. The fourth-order valence-corrected chi connectivity index (χ4v) is 1.55. The van der Waals surface area contributed by atoms with E-state index in [1.54, 1.807) is 25.1 Å². The highest BCUT2D eigenvalue weighted by molar-refractivity contribution is 5.81. The zero-order chi connectivity index (χ0) is 14.4. The van der Waals surface area contributed by atoms with Gasteiger partial charge in [0.15, 0.2) is 17.6 Å². The van der Waals surface area contributed by atoms with Crippen molar-refractivity contribution in [1.82, 2.24) is 5.32 Å². The Labute approximate surface area is 113 Å². The molecule has 5 heteroatoms. The minimum Gasteiger partial charge on any atom is -0.493 e. The molecule has 0 bridgehead atoms. The van der Waals surface area contributed by atoms with Crippen LogP contribution in [0, 0.1) is 0 Å². The van der Waals surface area contributed by atoms with Gasteiger partial charge in [-0.25, -0.2) is 0 Å². The van der Waals surface area contributed by atoms with Gasteiger partial charge in [0.2, 0.25) is 0 Å². The van der Waals surface area contributed by atoms with Crippen LogP contribution in [0.3, 0.4) is 0 Å². The lowest BCUT2D eigenvalue weighted by atomic mass is 10.2. The third-order valence-corrected chi connectivity index (χ3v) is 2.51. The van der Waals surface area contributed by atoms with Crippen LogP contribution in [0.4, 0.5) is 0 Å². The summed E-state index contributed by atoms with van der Waals surface area (Å²) in [6, 6.07) is 5.16. The largest absolute Gasteiger partial charge is 0.493 e. The lowest BCUT2D eigenvalue weighted by Crippen LogP contribution is -2.40. The van der Waals surface area contributed by atoms with Crippen molar-refractivity contribution in [3.63, 3.8) is 0 Å². The number of methoxy groups -OCH3 is 1. The minimum absolute atomic E-state index is 0.0669. The quantitative estimate of drug-likeness (QED) is 0.819. The Balaban J connectivity index is 2.78. The maximum atomic E-state index is 11.8. The summed E-state index contributed by atoms with van der Waals surface area (Å²) in [7, 11) is 1.52. The molecule has 1 atom stereocenters. The van der Waals surface area contributed by atoms with Gasteiger partial charge in [-0.15, -0.1) is 0 Å². The first kappa shape index (κ1) is 15.3. The lowest BCUT2D eigenvalue weighted by molar-refractivity contribution is -0.127. The van der Waals surface area contributed by atoms with E-state index in [0.29, 0.717) is 11.5 Å². The summed E-state index contributed by atoms with van der Waals surface area (Å²) < 4.78 is 10.8. The maximum Gasteiger partial charge on any atom is 0.260 e. The molecule has 1 aromatic rings. The van der Waals surface area contributed by atoms with Crippen LogP contribution in [0.5, 0.6) is 11.5 Å². The standard InChI is InChI=1S/C14H21NO4/c1-9(2)15-14(17)10(3)19-12-6-5-11(8-16)7-13(12)18-4/h5-7,9-10,16H,8H2,1-4H3,(H,15,17). The van der Waals surface area contributed by atoms with Crippen LogP contribution in [-0.4, -0.2) is 30.3 Å². The molecule has 0 saturated heterocycles. The van der Waals surface area contributed by atoms with E-state index in [0.717, 1.165) is 5.56 Å². The Bertz CT molecular complexity index is 431. The summed E-state index contributed by atoms with van der Waals surface area (Å²) in [6.07, 6.45) is -0.615. The summed E-state index contributed by atoms with van der Waals surface area (Å²) in [5, 5.41) is 11.8. The van der Waals surface area contributed by atoms with Crippen LogP contribution in [0.1, 0.15) is 26.3 Å². The molecule has 0 spiro atoms. The molecule has 2 N–H and O–H groups in total. The van der Waals surface area contributed by atoms with Gasteiger partial charge in [-0.05, 0) is 38.5 Å². The SMILES string of the molecule is COc1cc(CO)ccc1OC(C)C(=O)NC(C)C. The molecule has 0 fully saturated rings. The van der Waals surface area contributed by atoms with Crippen molar-refractivity contribution in [2.24, 2.45) is 0 Å². The van der Waals surface area contributed by atoms with Gasteiger partial charge in [-0.3, -0.25) is 4.79 Å². The van der Waals surface area contributed by atoms with Gasteiger partial charge in [-0.2, -0.15) is 0 Å². The van der Waals surface area contributed by atoms with E-state index in [1.807, 2.05) is 13.8 Å². The first-order valence-electron chi connectivity index (χ1n) is 6.22. The minimum atomic E-state index is -0.615. The topological polar surface area (TPSA) is 67.8 Å². The van der Waals surface area contributed by atoms with Gasteiger partial charge >= 0.3 is 0 Å². The monoisotopic (exact) mass is 267 g/mol. The number of nitrogens with one attached hydrogen (secondary N) is 1. The average molecular weight is 267 g/mol. The smallest absolute Gasteiger partial charge is 0.260 e. The van der Waals surface area contributed by atoms with Crippen molar-refractivity contribution < 1.29 is 19.4 Å².